The van der Waals surface area contributed by atoms with Crippen molar-refractivity contribution in [2.45, 2.75) is 12.7 Å². The van der Waals surface area contributed by atoms with Crippen LogP contribution in [0.1, 0.15) is 0 Å². The van der Waals surface area contributed by atoms with Crippen molar-refractivity contribution in [3.63, 3.8) is 0 Å². The minimum Gasteiger partial charge on any atom is -0.338 e. The lowest BCUT2D eigenvalue weighted by Gasteiger charge is -2.11. The highest BCUT2D eigenvalue weighted by Crippen LogP contribution is 2.24. The van der Waals surface area contributed by atoms with Crippen LogP contribution >= 0.6 is 0 Å². The molecule has 0 N–H and O–H groups in total. The summed E-state index contributed by atoms with van der Waals surface area (Å²) in [4.78, 5) is 0. The molecule has 0 amide bonds. The Bertz CT molecular complexity index is 457. The minimum atomic E-state index is -4.19. The van der Waals surface area contributed by atoms with E-state index in [0.717, 1.165) is 5.56 Å². The van der Waals surface area contributed by atoms with Gasteiger partial charge in [-0.1, -0.05) is 30.3 Å². The molecule has 0 saturated heterocycles. The monoisotopic (exact) mass is 225 g/mol. The summed E-state index contributed by atoms with van der Waals surface area (Å²) < 4.78 is 38.1. The summed E-state index contributed by atoms with van der Waals surface area (Å²) in [6.45, 7) is -0.954. The number of nitrogens with zero attached hydrogens (tertiary/aromatic N) is 1. The lowest BCUT2D eigenvalue weighted by atomic mass is 10.1. The van der Waals surface area contributed by atoms with E-state index in [1.807, 2.05) is 6.07 Å². The van der Waals surface area contributed by atoms with Gasteiger partial charge >= 0.3 is 6.18 Å². The second kappa shape index (κ2) is 4.04. The van der Waals surface area contributed by atoms with E-state index < -0.39 is 12.7 Å². The van der Waals surface area contributed by atoms with Gasteiger partial charge in [0.2, 0.25) is 0 Å². The first kappa shape index (κ1) is 10.8. The van der Waals surface area contributed by atoms with Crippen molar-refractivity contribution in [2.75, 3.05) is 0 Å². The molecule has 0 spiro atoms. The third-order valence-electron chi connectivity index (χ3n) is 2.25. The van der Waals surface area contributed by atoms with Gasteiger partial charge in [0.1, 0.15) is 6.54 Å². The summed E-state index contributed by atoms with van der Waals surface area (Å²) in [6.07, 6.45) is -2.75. The van der Waals surface area contributed by atoms with Gasteiger partial charge in [0.15, 0.2) is 0 Å². The van der Waals surface area contributed by atoms with Crippen LogP contribution in [0.5, 0.6) is 0 Å². The molecule has 84 valence electrons. The lowest BCUT2D eigenvalue weighted by molar-refractivity contribution is -0.140. The Balaban J connectivity index is 2.33. The topological polar surface area (TPSA) is 4.93 Å². The fourth-order valence-corrected chi connectivity index (χ4v) is 1.62. The molecule has 16 heavy (non-hydrogen) atoms. The maximum atomic E-state index is 12.3. The number of hydrogen-bond acceptors (Lipinski definition) is 0. The third-order valence-corrected chi connectivity index (χ3v) is 2.25. The molecule has 0 radical (unpaired) electrons. The summed E-state index contributed by atoms with van der Waals surface area (Å²) in [5.41, 5.74) is 1.37. The Kier molecular flexibility index (Phi) is 2.73. The number of aromatic nitrogens is 1. The number of alkyl halides is 3. The van der Waals surface area contributed by atoms with Gasteiger partial charge in [-0.15, -0.1) is 0 Å². The van der Waals surface area contributed by atoms with Crippen LogP contribution in [0.25, 0.3) is 11.3 Å². The average molecular weight is 225 g/mol. The van der Waals surface area contributed by atoms with Crippen molar-refractivity contribution in [2.24, 2.45) is 0 Å². The van der Waals surface area contributed by atoms with E-state index in [1.54, 1.807) is 36.4 Å². The summed E-state index contributed by atoms with van der Waals surface area (Å²) in [6, 6.07) is 12.3. The Labute approximate surface area is 91.1 Å². The fourth-order valence-electron chi connectivity index (χ4n) is 1.62. The van der Waals surface area contributed by atoms with Crippen LogP contribution in [0.4, 0.5) is 13.2 Å². The van der Waals surface area contributed by atoms with Crippen LogP contribution in [0.2, 0.25) is 0 Å². The smallest absolute Gasteiger partial charge is 0.338 e. The first-order chi connectivity index (χ1) is 7.56. The maximum Gasteiger partial charge on any atom is 0.406 e. The third kappa shape index (κ3) is 2.45. The van der Waals surface area contributed by atoms with Crippen LogP contribution in [0, 0.1) is 0 Å². The minimum absolute atomic E-state index is 0.581. The molecule has 0 unspecified atom stereocenters. The zero-order valence-corrected chi connectivity index (χ0v) is 8.41. The second-order valence-electron chi connectivity index (χ2n) is 3.50. The van der Waals surface area contributed by atoms with E-state index in [4.69, 9.17) is 0 Å². The zero-order valence-electron chi connectivity index (χ0n) is 8.41. The van der Waals surface area contributed by atoms with Gasteiger partial charge in [0.05, 0.1) is 0 Å². The van der Waals surface area contributed by atoms with Gasteiger partial charge in [-0.05, 0) is 17.7 Å². The van der Waals surface area contributed by atoms with Crippen LogP contribution in [0.3, 0.4) is 0 Å². The van der Waals surface area contributed by atoms with E-state index >= 15 is 0 Å². The summed E-state index contributed by atoms with van der Waals surface area (Å²) in [5, 5.41) is 0. The maximum absolute atomic E-state index is 12.3. The largest absolute Gasteiger partial charge is 0.406 e. The molecular formula is C12H10F3N. The fraction of sp³-hybridized carbons (Fsp3) is 0.167. The standard InChI is InChI=1S/C12H10F3N/c13-12(14,15)9-16-8-4-7-11(16)10-5-2-1-3-6-10/h1-8H,9H2. The normalized spacial score (nSPS) is 11.7. The van der Waals surface area contributed by atoms with Crippen molar-refractivity contribution >= 4 is 0 Å². The van der Waals surface area contributed by atoms with Gasteiger partial charge in [-0.3, -0.25) is 0 Å². The van der Waals surface area contributed by atoms with Gasteiger partial charge < -0.3 is 4.57 Å². The Morgan fingerprint density at radius 3 is 2.25 bits per heavy atom. The van der Waals surface area contributed by atoms with Gasteiger partial charge in [-0.2, -0.15) is 13.2 Å². The number of hydrogen-bond donors (Lipinski definition) is 0. The van der Waals surface area contributed by atoms with Gasteiger partial charge in [-0.25, -0.2) is 0 Å². The first-order valence-corrected chi connectivity index (χ1v) is 4.83. The van der Waals surface area contributed by atoms with Crippen molar-refractivity contribution < 1.29 is 13.2 Å². The number of rotatable bonds is 2. The van der Waals surface area contributed by atoms with E-state index in [-0.39, 0.29) is 0 Å². The highest BCUT2D eigenvalue weighted by molar-refractivity contribution is 5.59. The van der Waals surface area contributed by atoms with Crippen molar-refractivity contribution in [3.05, 3.63) is 48.7 Å². The highest BCUT2D eigenvalue weighted by Gasteiger charge is 2.28. The first-order valence-electron chi connectivity index (χ1n) is 4.83. The second-order valence-corrected chi connectivity index (χ2v) is 3.50. The van der Waals surface area contributed by atoms with Crippen LogP contribution in [-0.4, -0.2) is 10.7 Å². The predicted octanol–water partition coefficient (Wildman–Crippen LogP) is 3.72. The quantitative estimate of drug-likeness (QED) is 0.734. The summed E-state index contributed by atoms with van der Waals surface area (Å²) in [7, 11) is 0. The van der Waals surface area contributed by atoms with E-state index in [0.29, 0.717) is 5.69 Å². The zero-order chi connectivity index (χ0) is 11.6. The molecule has 0 fully saturated rings. The Morgan fingerprint density at radius 2 is 1.62 bits per heavy atom. The Hall–Kier alpha value is -1.71. The molecule has 0 aliphatic heterocycles. The molecule has 2 rings (SSSR count). The van der Waals surface area contributed by atoms with Crippen molar-refractivity contribution in [1.29, 1.82) is 0 Å². The van der Waals surface area contributed by atoms with Gasteiger partial charge in [0, 0.05) is 11.9 Å². The SMILES string of the molecule is FC(F)(F)Cn1cccc1-c1ccccc1. The molecule has 0 saturated carbocycles. The molecule has 0 atom stereocenters. The van der Waals surface area contributed by atoms with E-state index in [2.05, 4.69) is 0 Å². The van der Waals surface area contributed by atoms with Gasteiger partial charge in [0.25, 0.3) is 0 Å². The average Bonchev–Trinajstić information content (AvgIpc) is 2.64. The van der Waals surface area contributed by atoms with E-state index in [1.165, 1.54) is 10.8 Å². The molecule has 1 aromatic carbocycles. The Morgan fingerprint density at radius 1 is 0.938 bits per heavy atom. The molecule has 1 aromatic heterocycles. The molecule has 0 aliphatic carbocycles. The number of halogens is 3. The molecule has 4 heteroatoms. The van der Waals surface area contributed by atoms with Crippen molar-refractivity contribution in [3.8, 4) is 11.3 Å². The summed E-state index contributed by atoms with van der Waals surface area (Å²) >= 11 is 0. The van der Waals surface area contributed by atoms with Crippen LogP contribution < -0.4 is 0 Å². The molecule has 2 aromatic rings. The molecular weight excluding hydrogens is 215 g/mol. The molecule has 1 heterocycles. The predicted molar refractivity (Wildman–Crippen MR) is 55.9 cm³/mol. The molecule has 1 nitrogen and oxygen atoms in total. The van der Waals surface area contributed by atoms with Crippen molar-refractivity contribution in [1.82, 2.24) is 4.57 Å². The van der Waals surface area contributed by atoms with Crippen LogP contribution in [0.15, 0.2) is 48.7 Å². The molecule has 0 aliphatic rings. The molecule has 0 bridgehead atoms. The van der Waals surface area contributed by atoms with Crippen LogP contribution in [-0.2, 0) is 6.54 Å². The number of benzene rings is 1. The highest BCUT2D eigenvalue weighted by atomic mass is 19.4. The lowest BCUT2D eigenvalue weighted by Crippen LogP contribution is -2.17. The summed E-state index contributed by atoms with van der Waals surface area (Å²) in [5.74, 6) is 0. The van der Waals surface area contributed by atoms with E-state index in [9.17, 15) is 13.2 Å².